The van der Waals surface area contributed by atoms with Crippen LogP contribution >= 0.6 is 0 Å². The standard InChI is InChI=1S/C19H18N2/c1-13-11-14(20)12-17-16-9-5-6-10-18(16)21(19(13)17)15-7-3-2-4-8-15/h2-5,7-9,11-12H,6,10,20H2,1H3. The van der Waals surface area contributed by atoms with Crippen LogP contribution in [0.4, 0.5) is 5.69 Å². The second-order valence-corrected chi connectivity index (χ2v) is 5.71. The lowest BCUT2D eigenvalue weighted by atomic mass is 10.0. The molecule has 104 valence electrons. The molecule has 0 radical (unpaired) electrons. The molecule has 2 N–H and O–H groups in total. The Balaban J connectivity index is 2.17. The van der Waals surface area contributed by atoms with Gasteiger partial charge in [0.1, 0.15) is 0 Å². The molecule has 1 aromatic heterocycles. The Morgan fingerprint density at radius 1 is 1.10 bits per heavy atom. The summed E-state index contributed by atoms with van der Waals surface area (Å²) in [6, 6.07) is 14.8. The first-order chi connectivity index (χ1) is 10.3. The lowest BCUT2D eigenvalue weighted by molar-refractivity contribution is 0.887. The monoisotopic (exact) mass is 274 g/mol. The van der Waals surface area contributed by atoms with Gasteiger partial charge in [0.05, 0.1) is 5.52 Å². The minimum Gasteiger partial charge on any atom is -0.399 e. The number of allylic oxidation sites excluding steroid dienone is 1. The van der Waals surface area contributed by atoms with Crippen molar-refractivity contribution < 1.29 is 0 Å². The fraction of sp³-hybridized carbons (Fsp3) is 0.158. The molecule has 0 atom stereocenters. The summed E-state index contributed by atoms with van der Waals surface area (Å²) in [7, 11) is 0. The summed E-state index contributed by atoms with van der Waals surface area (Å²) in [5.41, 5.74) is 13.4. The molecule has 0 aliphatic heterocycles. The minimum absolute atomic E-state index is 0.840. The summed E-state index contributed by atoms with van der Waals surface area (Å²) in [6.07, 6.45) is 6.69. The average molecular weight is 274 g/mol. The van der Waals surface area contributed by atoms with Crippen LogP contribution in [0.2, 0.25) is 0 Å². The molecule has 0 saturated carbocycles. The number of hydrogen-bond acceptors (Lipinski definition) is 1. The van der Waals surface area contributed by atoms with Crippen LogP contribution < -0.4 is 5.73 Å². The lowest BCUT2D eigenvalue weighted by Gasteiger charge is -2.13. The molecule has 0 saturated heterocycles. The number of aromatic nitrogens is 1. The summed E-state index contributed by atoms with van der Waals surface area (Å²) in [5.74, 6) is 0. The quantitative estimate of drug-likeness (QED) is 0.652. The Bertz CT molecular complexity index is 854. The van der Waals surface area contributed by atoms with Crippen molar-refractivity contribution in [2.45, 2.75) is 19.8 Å². The third-order valence-corrected chi connectivity index (χ3v) is 4.26. The predicted octanol–water partition coefficient (Wildman–Crippen LogP) is 4.48. The number of anilines is 1. The van der Waals surface area contributed by atoms with Crippen LogP contribution in [0.25, 0.3) is 22.7 Å². The van der Waals surface area contributed by atoms with E-state index in [4.69, 9.17) is 5.73 Å². The number of rotatable bonds is 1. The molecular formula is C19H18N2. The maximum Gasteiger partial charge on any atom is 0.0568 e. The van der Waals surface area contributed by atoms with Crippen LogP contribution in [0.3, 0.4) is 0 Å². The van der Waals surface area contributed by atoms with E-state index < -0.39 is 0 Å². The van der Waals surface area contributed by atoms with E-state index >= 15 is 0 Å². The zero-order valence-corrected chi connectivity index (χ0v) is 12.1. The molecule has 0 spiro atoms. The molecule has 2 heteroatoms. The zero-order chi connectivity index (χ0) is 14.4. The topological polar surface area (TPSA) is 30.9 Å². The number of hydrogen-bond donors (Lipinski definition) is 1. The molecule has 3 aromatic rings. The van der Waals surface area contributed by atoms with Crippen molar-refractivity contribution in [1.29, 1.82) is 0 Å². The molecule has 4 rings (SSSR count). The summed E-state index contributed by atoms with van der Waals surface area (Å²) in [6.45, 7) is 2.15. The summed E-state index contributed by atoms with van der Waals surface area (Å²) in [4.78, 5) is 0. The second kappa shape index (κ2) is 4.52. The first-order valence-electron chi connectivity index (χ1n) is 7.41. The molecule has 0 fully saturated rings. The van der Waals surface area contributed by atoms with Crippen molar-refractivity contribution in [3.05, 3.63) is 65.4 Å². The fourth-order valence-corrected chi connectivity index (χ4v) is 3.44. The summed E-state index contributed by atoms with van der Waals surface area (Å²) < 4.78 is 2.41. The van der Waals surface area contributed by atoms with E-state index in [1.54, 1.807) is 0 Å². The van der Waals surface area contributed by atoms with Gasteiger partial charge in [-0.05, 0) is 49.6 Å². The highest BCUT2D eigenvalue weighted by Gasteiger charge is 2.19. The van der Waals surface area contributed by atoms with E-state index in [1.807, 2.05) is 0 Å². The molecule has 21 heavy (non-hydrogen) atoms. The number of aryl methyl sites for hydroxylation is 1. The van der Waals surface area contributed by atoms with Crippen LogP contribution in [-0.2, 0) is 6.42 Å². The summed E-state index contributed by atoms with van der Waals surface area (Å²) >= 11 is 0. The number of para-hydroxylation sites is 1. The van der Waals surface area contributed by atoms with Crippen molar-refractivity contribution >= 4 is 22.7 Å². The highest BCUT2D eigenvalue weighted by Crippen LogP contribution is 2.36. The highest BCUT2D eigenvalue weighted by molar-refractivity contribution is 5.97. The normalized spacial score (nSPS) is 13.6. The van der Waals surface area contributed by atoms with Crippen molar-refractivity contribution in [2.24, 2.45) is 0 Å². The third kappa shape index (κ3) is 1.79. The van der Waals surface area contributed by atoms with Crippen molar-refractivity contribution in [3.63, 3.8) is 0 Å². The van der Waals surface area contributed by atoms with Gasteiger partial charge in [0.15, 0.2) is 0 Å². The number of nitrogen functional groups attached to an aromatic ring is 1. The average Bonchev–Trinajstić information content (AvgIpc) is 2.83. The van der Waals surface area contributed by atoms with E-state index in [0.29, 0.717) is 0 Å². The predicted molar refractivity (Wildman–Crippen MR) is 89.8 cm³/mol. The zero-order valence-electron chi connectivity index (χ0n) is 12.1. The van der Waals surface area contributed by atoms with Crippen LogP contribution in [0.1, 0.15) is 23.2 Å². The fourth-order valence-electron chi connectivity index (χ4n) is 3.44. The lowest BCUT2D eigenvalue weighted by Crippen LogP contribution is -2.03. The van der Waals surface area contributed by atoms with Crippen molar-refractivity contribution in [1.82, 2.24) is 4.57 Å². The third-order valence-electron chi connectivity index (χ3n) is 4.26. The van der Waals surface area contributed by atoms with E-state index in [-0.39, 0.29) is 0 Å². The van der Waals surface area contributed by atoms with Crippen molar-refractivity contribution in [3.8, 4) is 5.69 Å². The van der Waals surface area contributed by atoms with Gasteiger partial charge in [-0.3, -0.25) is 0 Å². The highest BCUT2D eigenvalue weighted by atomic mass is 15.0. The van der Waals surface area contributed by atoms with Crippen molar-refractivity contribution in [2.75, 3.05) is 5.73 Å². The Labute approximate surface area is 124 Å². The number of benzene rings is 2. The van der Waals surface area contributed by atoms with E-state index in [1.165, 1.54) is 33.4 Å². The molecule has 1 heterocycles. The largest absolute Gasteiger partial charge is 0.399 e. The van der Waals surface area contributed by atoms with Gasteiger partial charge >= 0.3 is 0 Å². The van der Waals surface area contributed by atoms with Gasteiger partial charge in [0.25, 0.3) is 0 Å². The van der Waals surface area contributed by atoms with Gasteiger partial charge in [-0.1, -0.05) is 30.4 Å². The maximum absolute atomic E-state index is 6.07. The number of nitrogens with zero attached hydrogens (tertiary/aromatic N) is 1. The minimum atomic E-state index is 0.840. The number of fused-ring (bicyclic) bond motifs is 3. The van der Waals surface area contributed by atoms with Crippen LogP contribution in [-0.4, -0.2) is 4.57 Å². The first-order valence-corrected chi connectivity index (χ1v) is 7.41. The molecule has 0 amide bonds. The van der Waals surface area contributed by atoms with Gasteiger partial charge in [0.2, 0.25) is 0 Å². The molecule has 1 aliphatic rings. The van der Waals surface area contributed by atoms with E-state index in [0.717, 1.165) is 18.5 Å². The van der Waals surface area contributed by atoms with Crippen LogP contribution in [0.5, 0.6) is 0 Å². The van der Waals surface area contributed by atoms with E-state index in [2.05, 4.69) is 66.1 Å². The second-order valence-electron chi connectivity index (χ2n) is 5.71. The smallest absolute Gasteiger partial charge is 0.0568 e. The number of nitrogens with two attached hydrogens (primary N) is 1. The Hall–Kier alpha value is -2.48. The van der Waals surface area contributed by atoms with Gasteiger partial charge in [-0.25, -0.2) is 0 Å². The molecule has 2 aromatic carbocycles. The molecule has 1 aliphatic carbocycles. The van der Waals surface area contributed by atoms with Gasteiger partial charge in [-0.15, -0.1) is 0 Å². The SMILES string of the molecule is Cc1cc(N)cc2c3c(n(-c4ccccc4)c12)CCC=C3. The van der Waals surface area contributed by atoms with Gasteiger partial charge in [0, 0.05) is 28.0 Å². The Morgan fingerprint density at radius 2 is 1.90 bits per heavy atom. The summed E-state index contributed by atoms with van der Waals surface area (Å²) in [5, 5.41) is 1.27. The van der Waals surface area contributed by atoms with Gasteiger partial charge < -0.3 is 10.3 Å². The molecule has 0 bridgehead atoms. The Kier molecular flexibility index (Phi) is 2.64. The van der Waals surface area contributed by atoms with Crippen LogP contribution in [0.15, 0.2) is 48.5 Å². The Morgan fingerprint density at radius 3 is 2.71 bits per heavy atom. The van der Waals surface area contributed by atoms with Gasteiger partial charge in [-0.2, -0.15) is 0 Å². The first kappa shape index (κ1) is 12.3. The van der Waals surface area contributed by atoms with E-state index in [9.17, 15) is 0 Å². The maximum atomic E-state index is 6.07. The molecule has 2 nitrogen and oxygen atoms in total. The molecular weight excluding hydrogens is 256 g/mol. The molecule has 0 unspecified atom stereocenters. The van der Waals surface area contributed by atoms with Crippen LogP contribution in [0, 0.1) is 6.92 Å².